The second kappa shape index (κ2) is 8.24. The monoisotopic (exact) mass is 398 g/mol. The average molecular weight is 399 g/mol. The number of piperidine rings is 2. The fraction of sp³-hybridized carbons (Fsp3) is 0.591. The SMILES string of the molecule is CC(C(=O)N1CCC(O)(Cn2cnc3ccccc3c2=O)CC1)N1CCCCC1. The molecule has 0 spiro atoms. The summed E-state index contributed by atoms with van der Waals surface area (Å²) >= 11 is 0. The number of hydrogen-bond donors (Lipinski definition) is 1. The fourth-order valence-corrected chi connectivity index (χ4v) is 4.56. The first kappa shape index (κ1) is 20.0. The molecule has 2 aromatic rings. The van der Waals surface area contributed by atoms with Crippen LogP contribution in [0.15, 0.2) is 35.4 Å². The topological polar surface area (TPSA) is 78.7 Å². The zero-order valence-corrected chi connectivity index (χ0v) is 17.1. The van der Waals surface area contributed by atoms with Crippen molar-refractivity contribution in [3.63, 3.8) is 0 Å². The highest BCUT2D eigenvalue weighted by Crippen LogP contribution is 2.25. The van der Waals surface area contributed by atoms with E-state index in [0.717, 1.165) is 25.9 Å². The summed E-state index contributed by atoms with van der Waals surface area (Å²) in [5.74, 6) is 0.151. The van der Waals surface area contributed by atoms with Crippen LogP contribution in [0.5, 0.6) is 0 Å². The zero-order valence-electron chi connectivity index (χ0n) is 17.1. The van der Waals surface area contributed by atoms with Gasteiger partial charge in [-0.05, 0) is 57.8 Å². The first-order chi connectivity index (χ1) is 14.0. The van der Waals surface area contributed by atoms with Crippen molar-refractivity contribution in [1.29, 1.82) is 0 Å². The molecule has 2 saturated heterocycles. The molecule has 0 aliphatic carbocycles. The predicted octanol–water partition coefficient (Wildman–Crippen LogP) is 1.62. The molecule has 1 atom stereocenters. The number of rotatable bonds is 4. The number of hydrogen-bond acceptors (Lipinski definition) is 5. The summed E-state index contributed by atoms with van der Waals surface area (Å²) in [6, 6.07) is 7.13. The molecule has 2 aliphatic heterocycles. The number of carbonyl (C=O) groups is 1. The van der Waals surface area contributed by atoms with Gasteiger partial charge in [-0.15, -0.1) is 0 Å². The lowest BCUT2D eigenvalue weighted by atomic mass is 9.90. The van der Waals surface area contributed by atoms with Crippen molar-refractivity contribution in [2.75, 3.05) is 26.2 Å². The Labute approximate surface area is 170 Å². The average Bonchev–Trinajstić information content (AvgIpc) is 2.76. The zero-order chi connectivity index (χ0) is 20.4. The molecule has 1 amide bonds. The lowest BCUT2D eigenvalue weighted by Crippen LogP contribution is -2.54. The van der Waals surface area contributed by atoms with E-state index in [9.17, 15) is 14.7 Å². The highest BCUT2D eigenvalue weighted by atomic mass is 16.3. The molecule has 1 N–H and O–H groups in total. The Morgan fingerprint density at radius 3 is 2.55 bits per heavy atom. The molecule has 1 aromatic carbocycles. The number of benzene rings is 1. The van der Waals surface area contributed by atoms with Gasteiger partial charge in [-0.3, -0.25) is 19.1 Å². The van der Waals surface area contributed by atoms with Crippen molar-refractivity contribution in [3.8, 4) is 0 Å². The van der Waals surface area contributed by atoms with Crippen LogP contribution in [0.1, 0.15) is 39.0 Å². The summed E-state index contributed by atoms with van der Waals surface area (Å²) in [4.78, 5) is 34.1. The van der Waals surface area contributed by atoms with Gasteiger partial charge in [0.1, 0.15) is 0 Å². The van der Waals surface area contributed by atoms with Crippen LogP contribution in [0, 0.1) is 0 Å². The quantitative estimate of drug-likeness (QED) is 0.847. The summed E-state index contributed by atoms with van der Waals surface area (Å²) < 4.78 is 1.50. The molecule has 2 fully saturated rings. The molecule has 0 radical (unpaired) electrons. The van der Waals surface area contributed by atoms with Crippen LogP contribution >= 0.6 is 0 Å². The van der Waals surface area contributed by atoms with Gasteiger partial charge in [0.2, 0.25) is 5.91 Å². The molecule has 7 nitrogen and oxygen atoms in total. The molecule has 2 aliphatic rings. The van der Waals surface area contributed by atoms with Gasteiger partial charge in [0.15, 0.2) is 0 Å². The van der Waals surface area contributed by atoms with Crippen LogP contribution in [0.2, 0.25) is 0 Å². The van der Waals surface area contributed by atoms with Gasteiger partial charge < -0.3 is 10.0 Å². The maximum Gasteiger partial charge on any atom is 0.261 e. The normalized spacial score (nSPS) is 21.2. The van der Waals surface area contributed by atoms with Gasteiger partial charge in [0.25, 0.3) is 5.56 Å². The number of para-hydroxylation sites is 1. The first-order valence-electron chi connectivity index (χ1n) is 10.7. The van der Waals surface area contributed by atoms with E-state index in [0.29, 0.717) is 36.8 Å². The number of carbonyl (C=O) groups excluding carboxylic acids is 1. The van der Waals surface area contributed by atoms with Crippen LogP contribution in [-0.4, -0.2) is 68.2 Å². The maximum atomic E-state index is 12.9. The summed E-state index contributed by atoms with van der Waals surface area (Å²) in [5, 5.41) is 11.6. The van der Waals surface area contributed by atoms with Crippen LogP contribution in [0.4, 0.5) is 0 Å². The lowest BCUT2D eigenvalue weighted by Gasteiger charge is -2.41. The predicted molar refractivity (Wildman–Crippen MR) is 112 cm³/mol. The van der Waals surface area contributed by atoms with Crippen molar-refractivity contribution < 1.29 is 9.90 Å². The van der Waals surface area contributed by atoms with Gasteiger partial charge in [-0.1, -0.05) is 18.6 Å². The van der Waals surface area contributed by atoms with Crippen molar-refractivity contribution >= 4 is 16.8 Å². The van der Waals surface area contributed by atoms with Crippen LogP contribution < -0.4 is 5.56 Å². The van der Waals surface area contributed by atoms with Crippen LogP contribution in [0.25, 0.3) is 10.9 Å². The number of aromatic nitrogens is 2. The van der Waals surface area contributed by atoms with Crippen molar-refractivity contribution in [3.05, 3.63) is 40.9 Å². The minimum absolute atomic E-state index is 0.103. The summed E-state index contributed by atoms with van der Waals surface area (Å²) in [6.45, 7) is 5.21. The Hall–Kier alpha value is -2.25. The molecular weight excluding hydrogens is 368 g/mol. The van der Waals surface area contributed by atoms with E-state index in [4.69, 9.17) is 0 Å². The highest BCUT2D eigenvalue weighted by molar-refractivity contribution is 5.81. The second-order valence-corrected chi connectivity index (χ2v) is 8.52. The number of fused-ring (bicyclic) bond motifs is 1. The number of amides is 1. The van der Waals surface area contributed by atoms with E-state index in [-0.39, 0.29) is 24.1 Å². The van der Waals surface area contributed by atoms with Crippen molar-refractivity contribution in [2.24, 2.45) is 0 Å². The molecule has 0 bridgehead atoms. The lowest BCUT2D eigenvalue weighted by molar-refractivity contribution is -0.141. The molecule has 0 saturated carbocycles. The van der Waals surface area contributed by atoms with E-state index in [1.54, 1.807) is 6.07 Å². The number of likely N-dealkylation sites (tertiary alicyclic amines) is 2. The molecule has 156 valence electrons. The second-order valence-electron chi connectivity index (χ2n) is 8.52. The Morgan fingerprint density at radius 1 is 1.14 bits per heavy atom. The number of nitrogens with zero attached hydrogens (tertiary/aromatic N) is 4. The Morgan fingerprint density at radius 2 is 1.83 bits per heavy atom. The van der Waals surface area contributed by atoms with E-state index in [1.807, 2.05) is 30.0 Å². The van der Waals surface area contributed by atoms with Gasteiger partial charge in [0, 0.05) is 13.1 Å². The van der Waals surface area contributed by atoms with E-state index in [2.05, 4.69) is 9.88 Å². The van der Waals surface area contributed by atoms with E-state index < -0.39 is 5.60 Å². The first-order valence-corrected chi connectivity index (χ1v) is 10.7. The van der Waals surface area contributed by atoms with Gasteiger partial charge in [-0.2, -0.15) is 0 Å². The minimum atomic E-state index is -1.00. The van der Waals surface area contributed by atoms with Crippen molar-refractivity contribution in [2.45, 2.75) is 57.2 Å². The fourth-order valence-electron chi connectivity index (χ4n) is 4.56. The summed E-state index contributed by atoms with van der Waals surface area (Å²) in [7, 11) is 0. The van der Waals surface area contributed by atoms with Gasteiger partial charge in [0.05, 0.1) is 35.4 Å². The largest absolute Gasteiger partial charge is 0.388 e. The van der Waals surface area contributed by atoms with Gasteiger partial charge in [-0.25, -0.2) is 4.98 Å². The molecule has 1 aromatic heterocycles. The third-order valence-electron chi connectivity index (χ3n) is 6.50. The van der Waals surface area contributed by atoms with E-state index >= 15 is 0 Å². The summed E-state index contributed by atoms with van der Waals surface area (Å²) in [6.07, 6.45) is 6.00. The maximum absolute atomic E-state index is 12.9. The third kappa shape index (κ3) is 4.21. The molecule has 1 unspecified atom stereocenters. The van der Waals surface area contributed by atoms with Gasteiger partial charge >= 0.3 is 0 Å². The van der Waals surface area contributed by atoms with Crippen LogP contribution in [0.3, 0.4) is 0 Å². The Kier molecular flexibility index (Phi) is 5.69. The Bertz CT molecular complexity index is 927. The smallest absolute Gasteiger partial charge is 0.261 e. The summed E-state index contributed by atoms with van der Waals surface area (Å²) in [5.41, 5.74) is -0.479. The Balaban J connectivity index is 1.40. The van der Waals surface area contributed by atoms with Crippen molar-refractivity contribution in [1.82, 2.24) is 19.4 Å². The molecule has 3 heterocycles. The molecule has 29 heavy (non-hydrogen) atoms. The highest BCUT2D eigenvalue weighted by Gasteiger charge is 2.36. The standard InChI is InChI=1S/C22H30N4O3/c1-17(24-11-5-2-6-12-24)20(27)25-13-9-22(29,10-14-25)15-26-16-23-19-8-4-3-7-18(19)21(26)28/h3-4,7-8,16-17,29H,2,5-6,9-15H2,1H3. The third-order valence-corrected chi connectivity index (χ3v) is 6.50. The minimum Gasteiger partial charge on any atom is -0.388 e. The molecular formula is C22H30N4O3. The molecule has 7 heteroatoms. The number of aliphatic hydroxyl groups is 1. The van der Waals surface area contributed by atoms with Crippen LogP contribution in [-0.2, 0) is 11.3 Å². The molecule has 4 rings (SSSR count). The van der Waals surface area contributed by atoms with E-state index in [1.165, 1.54) is 17.3 Å².